The van der Waals surface area contributed by atoms with Gasteiger partial charge in [-0.3, -0.25) is 0 Å². The van der Waals surface area contributed by atoms with Gasteiger partial charge in [-0.05, 0) is 45.5 Å². The van der Waals surface area contributed by atoms with Crippen LogP contribution in [0.4, 0.5) is 0 Å². The molecule has 0 atom stereocenters. The van der Waals surface area contributed by atoms with Crippen LogP contribution >= 0.6 is 0 Å². The van der Waals surface area contributed by atoms with E-state index < -0.39 is 5.63 Å². The van der Waals surface area contributed by atoms with E-state index in [1.807, 2.05) is 84.9 Å². The van der Waals surface area contributed by atoms with Crippen molar-refractivity contribution in [2.45, 2.75) is 0 Å². The Hall–Kier alpha value is -4.89. The fourth-order valence-corrected chi connectivity index (χ4v) is 4.84. The van der Waals surface area contributed by atoms with Crippen LogP contribution < -0.4 is 5.63 Å². The van der Waals surface area contributed by atoms with Gasteiger partial charge in [-0.2, -0.15) is 0 Å². The summed E-state index contributed by atoms with van der Waals surface area (Å²) in [4.78, 5) is 13.0. The van der Waals surface area contributed by atoms with Crippen molar-refractivity contribution < 1.29 is 9.52 Å². The maximum Gasteiger partial charge on any atom is 0.347 e. The van der Waals surface area contributed by atoms with Gasteiger partial charge in [0.2, 0.25) is 0 Å². The van der Waals surface area contributed by atoms with E-state index in [0.717, 1.165) is 33.4 Å². The zero-order valence-electron chi connectivity index (χ0n) is 19.4. The van der Waals surface area contributed by atoms with Crippen LogP contribution in [0.25, 0.3) is 55.5 Å². The Morgan fingerprint density at radius 2 is 0.972 bits per heavy atom. The molecule has 1 N–H and O–H groups in total. The average molecular weight is 467 g/mol. The van der Waals surface area contributed by atoms with Gasteiger partial charge in [-0.25, -0.2) is 4.79 Å². The van der Waals surface area contributed by atoms with Gasteiger partial charge in [0.15, 0.2) is 0 Å². The summed E-state index contributed by atoms with van der Waals surface area (Å²) in [5.41, 5.74) is 6.33. The van der Waals surface area contributed by atoms with Crippen molar-refractivity contribution in [2.24, 2.45) is 0 Å². The Kier molecular flexibility index (Phi) is 5.44. The highest BCUT2D eigenvalue weighted by molar-refractivity contribution is 6.09. The van der Waals surface area contributed by atoms with E-state index in [2.05, 4.69) is 24.3 Å². The molecular weight excluding hydrogens is 444 g/mol. The number of hydrogen-bond donors (Lipinski definition) is 1. The van der Waals surface area contributed by atoms with E-state index in [1.165, 1.54) is 0 Å². The zero-order valence-corrected chi connectivity index (χ0v) is 19.4. The van der Waals surface area contributed by atoms with E-state index >= 15 is 0 Å². The van der Waals surface area contributed by atoms with Gasteiger partial charge in [0.25, 0.3) is 0 Å². The number of hydrogen-bond acceptors (Lipinski definition) is 3. The molecule has 0 aliphatic heterocycles. The molecule has 3 nitrogen and oxygen atoms in total. The lowest BCUT2D eigenvalue weighted by Crippen LogP contribution is -2.04. The molecule has 0 radical (unpaired) electrons. The lowest BCUT2D eigenvalue weighted by atomic mass is 9.86. The fraction of sp³-hybridized carbons (Fsp3) is 0. The van der Waals surface area contributed by atoms with Crippen LogP contribution in [0.2, 0.25) is 0 Å². The van der Waals surface area contributed by atoms with Crippen molar-refractivity contribution in [1.29, 1.82) is 0 Å². The molecule has 6 aromatic rings. The molecule has 0 aliphatic rings. The molecule has 0 saturated heterocycles. The molecule has 0 unspecified atom stereocenters. The Balaban J connectivity index is 1.77. The topological polar surface area (TPSA) is 50.4 Å². The Morgan fingerprint density at radius 1 is 0.472 bits per heavy atom. The summed E-state index contributed by atoms with van der Waals surface area (Å²) >= 11 is 0. The normalized spacial score (nSPS) is 11.0. The maximum absolute atomic E-state index is 13.0. The van der Waals surface area contributed by atoms with Crippen molar-refractivity contribution in [3.8, 4) is 50.3 Å². The van der Waals surface area contributed by atoms with E-state index in [0.29, 0.717) is 16.5 Å². The van der Waals surface area contributed by atoms with Crippen molar-refractivity contribution in [3.05, 3.63) is 138 Å². The maximum atomic E-state index is 13.0. The standard InChI is InChI=1S/C33H22O3/c34-32-29(24-16-8-3-9-17-24)33(35)36-28-21-20-26(23-14-6-2-7-15-23)30(31(28)32)27-19-11-10-18-25(27)22-12-4-1-5-13-22/h1-21,34H. The molecule has 5 aromatic carbocycles. The molecular formula is C33H22O3. The smallest absolute Gasteiger partial charge is 0.347 e. The first-order chi connectivity index (χ1) is 17.7. The van der Waals surface area contributed by atoms with Gasteiger partial charge in [0.1, 0.15) is 16.9 Å². The monoisotopic (exact) mass is 466 g/mol. The molecule has 0 fully saturated rings. The average Bonchev–Trinajstić information content (AvgIpc) is 2.94. The second-order valence-electron chi connectivity index (χ2n) is 8.62. The van der Waals surface area contributed by atoms with E-state index in [9.17, 15) is 9.90 Å². The molecule has 172 valence electrons. The van der Waals surface area contributed by atoms with Gasteiger partial charge in [0.05, 0.1) is 5.39 Å². The largest absolute Gasteiger partial charge is 0.506 e. The second-order valence-corrected chi connectivity index (χ2v) is 8.62. The minimum atomic E-state index is -0.569. The third kappa shape index (κ3) is 3.68. The number of aromatic hydroxyl groups is 1. The van der Waals surface area contributed by atoms with Crippen LogP contribution in [0.15, 0.2) is 137 Å². The SMILES string of the molecule is O=c1oc2ccc(-c3ccccc3)c(-c3ccccc3-c3ccccc3)c2c(O)c1-c1ccccc1. The predicted octanol–water partition coefficient (Wildman–Crippen LogP) is 8.17. The van der Waals surface area contributed by atoms with E-state index in [4.69, 9.17) is 4.42 Å². The molecule has 6 rings (SSSR count). The van der Waals surface area contributed by atoms with Gasteiger partial charge >= 0.3 is 5.63 Å². The first kappa shape index (κ1) is 21.6. The van der Waals surface area contributed by atoms with Gasteiger partial charge in [-0.15, -0.1) is 0 Å². The third-order valence-corrected chi connectivity index (χ3v) is 6.48. The Labute approximate surface area is 208 Å². The highest BCUT2D eigenvalue weighted by Crippen LogP contribution is 2.46. The molecule has 0 bridgehead atoms. The van der Waals surface area contributed by atoms with Gasteiger partial charge in [-0.1, -0.05) is 115 Å². The summed E-state index contributed by atoms with van der Waals surface area (Å²) in [7, 11) is 0. The van der Waals surface area contributed by atoms with Crippen molar-refractivity contribution in [3.63, 3.8) is 0 Å². The quantitative estimate of drug-likeness (QED) is 0.267. The van der Waals surface area contributed by atoms with Crippen molar-refractivity contribution in [2.75, 3.05) is 0 Å². The summed E-state index contributed by atoms with van der Waals surface area (Å²) in [6, 6.07) is 41.2. The van der Waals surface area contributed by atoms with Crippen LogP contribution in [0.1, 0.15) is 0 Å². The van der Waals surface area contributed by atoms with Gasteiger partial charge < -0.3 is 9.52 Å². The molecule has 1 aromatic heterocycles. The highest BCUT2D eigenvalue weighted by atomic mass is 16.4. The number of benzene rings is 5. The summed E-state index contributed by atoms with van der Waals surface area (Å²) in [5.74, 6) is -0.0805. The lowest BCUT2D eigenvalue weighted by molar-refractivity contribution is 0.471. The van der Waals surface area contributed by atoms with Gasteiger partial charge in [0, 0.05) is 5.56 Å². The highest BCUT2D eigenvalue weighted by Gasteiger charge is 2.23. The molecule has 3 heteroatoms. The minimum absolute atomic E-state index is 0.0805. The van der Waals surface area contributed by atoms with Crippen LogP contribution in [-0.4, -0.2) is 5.11 Å². The summed E-state index contributed by atoms with van der Waals surface area (Å²) < 4.78 is 5.81. The Morgan fingerprint density at radius 3 is 1.58 bits per heavy atom. The lowest BCUT2D eigenvalue weighted by Gasteiger charge is -2.18. The molecule has 36 heavy (non-hydrogen) atoms. The number of fused-ring (bicyclic) bond motifs is 1. The minimum Gasteiger partial charge on any atom is -0.506 e. The van der Waals surface area contributed by atoms with Crippen LogP contribution in [-0.2, 0) is 0 Å². The molecule has 0 amide bonds. The second kappa shape index (κ2) is 9.05. The van der Waals surface area contributed by atoms with E-state index in [-0.39, 0.29) is 11.3 Å². The first-order valence-electron chi connectivity index (χ1n) is 11.8. The van der Waals surface area contributed by atoms with Crippen molar-refractivity contribution >= 4 is 11.0 Å². The zero-order chi connectivity index (χ0) is 24.5. The van der Waals surface area contributed by atoms with Crippen LogP contribution in [0, 0.1) is 0 Å². The summed E-state index contributed by atoms with van der Waals surface area (Å²) in [6.45, 7) is 0. The van der Waals surface area contributed by atoms with Crippen LogP contribution in [0.5, 0.6) is 5.75 Å². The van der Waals surface area contributed by atoms with Crippen molar-refractivity contribution in [1.82, 2.24) is 0 Å². The Bertz CT molecular complexity index is 1740. The molecule has 0 aliphatic carbocycles. The van der Waals surface area contributed by atoms with Crippen LogP contribution in [0.3, 0.4) is 0 Å². The third-order valence-electron chi connectivity index (χ3n) is 6.48. The summed E-state index contributed by atoms with van der Waals surface area (Å²) in [5, 5.41) is 12.2. The summed E-state index contributed by atoms with van der Waals surface area (Å²) in [6.07, 6.45) is 0. The molecule has 0 spiro atoms. The predicted molar refractivity (Wildman–Crippen MR) is 146 cm³/mol. The molecule has 1 heterocycles. The van der Waals surface area contributed by atoms with E-state index in [1.54, 1.807) is 18.2 Å². The molecule has 0 saturated carbocycles. The first-order valence-corrected chi connectivity index (χ1v) is 11.8. The number of rotatable bonds is 4. The fourth-order valence-electron chi connectivity index (χ4n) is 4.84.